The van der Waals surface area contributed by atoms with Crippen LogP contribution >= 0.6 is 0 Å². The van der Waals surface area contributed by atoms with Crippen LogP contribution in [0.15, 0.2) is 48.5 Å². The van der Waals surface area contributed by atoms with Crippen LogP contribution in [0.25, 0.3) is 0 Å². The van der Waals surface area contributed by atoms with Crippen molar-refractivity contribution in [2.24, 2.45) is 0 Å². The summed E-state index contributed by atoms with van der Waals surface area (Å²) in [6.45, 7) is 1.45. The number of carbonyl (C=O) groups is 2. The lowest BCUT2D eigenvalue weighted by Gasteiger charge is -2.09. The Morgan fingerprint density at radius 1 is 1.05 bits per heavy atom. The molecule has 0 atom stereocenters. The fourth-order valence-electron chi connectivity index (χ4n) is 1.93. The molecule has 0 bridgehead atoms. The standard InChI is InChI=1S/C16H15NO3/c1-11(18)13-7-3-4-8-14(13)17-16(20)10-12-6-2-5-9-15(12)19/h2-9,19H,10H2,1H3,(H,17,20). The summed E-state index contributed by atoms with van der Waals surface area (Å²) in [7, 11) is 0. The van der Waals surface area contributed by atoms with Crippen LogP contribution in [0.4, 0.5) is 5.69 Å². The minimum absolute atomic E-state index is 0.0545. The minimum atomic E-state index is -0.278. The van der Waals surface area contributed by atoms with Gasteiger partial charge in [0, 0.05) is 11.1 Å². The second-order valence-corrected chi connectivity index (χ2v) is 4.46. The number of aromatic hydroxyl groups is 1. The number of benzene rings is 2. The molecule has 0 aliphatic carbocycles. The first-order valence-corrected chi connectivity index (χ1v) is 6.24. The molecule has 2 rings (SSSR count). The Morgan fingerprint density at radius 3 is 2.40 bits per heavy atom. The predicted octanol–water partition coefficient (Wildman–Crippen LogP) is 2.78. The Hall–Kier alpha value is -2.62. The summed E-state index contributed by atoms with van der Waals surface area (Å²) in [5.74, 6) is -0.300. The van der Waals surface area contributed by atoms with Crippen LogP contribution in [-0.2, 0) is 11.2 Å². The monoisotopic (exact) mass is 269 g/mol. The molecule has 0 heterocycles. The van der Waals surface area contributed by atoms with Gasteiger partial charge in [-0.1, -0.05) is 30.3 Å². The molecule has 102 valence electrons. The molecular weight excluding hydrogens is 254 g/mol. The lowest BCUT2D eigenvalue weighted by molar-refractivity contribution is -0.115. The number of hydrogen-bond donors (Lipinski definition) is 2. The third-order valence-electron chi connectivity index (χ3n) is 2.92. The zero-order valence-corrected chi connectivity index (χ0v) is 11.1. The highest BCUT2D eigenvalue weighted by molar-refractivity contribution is 6.04. The fourth-order valence-corrected chi connectivity index (χ4v) is 1.93. The van der Waals surface area contributed by atoms with Crippen LogP contribution in [0, 0.1) is 0 Å². The van der Waals surface area contributed by atoms with Crippen molar-refractivity contribution in [3.63, 3.8) is 0 Å². The van der Waals surface area contributed by atoms with Gasteiger partial charge in [0.2, 0.25) is 5.91 Å². The maximum atomic E-state index is 12.0. The average Bonchev–Trinajstić information content (AvgIpc) is 2.41. The van der Waals surface area contributed by atoms with Gasteiger partial charge in [-0.25, -0.2) is 0 Å². The Kier molecular flexibility index (Phi) is 4.15. The normalized spacial score (nSPS) is 10.1. The molecule has 0 aliphatic rings. The summed E-state index contributed by atoms with van der Waals surface area (Å²) in [5.41, 5.74) is 1.50. The van der Waals surface area contributed by atoms with Crippen molar-refractivity contribution in [1.29, 1.82) is 0 Å². The van der Waals surface area contributed by atoms with Gasteiger partial charge in [-0.2, -0.15) is 0 Å². The molecule has 0 aromatic heterocycles. The third-order valence-corrected chi connectivity index (χ3v) is 2.92. The van der Waals surface area contributed by atoms with Gasteiger partial charge in [0.05, 0.1) is 12.1 Å². The van der Waals surface area contributed by atoms with Crippen LogP contribution in [-0.4, -0.2) is 16.8 Å². The van der Waals surface area contributed by atoms with E-state index >= 15 is 0 Å². The van der Waals surface area contributed by atoms with Crippen molar-refractivity contribution < 1.29 is 14.7 Å². The Balaban J connectivity index is 2.13. The van der Waals surface area contributed by atoms with Crippen molar-refractivity contribution in [3.8, 4) is 5.75 Å². The van der Waals surface area contributed by atoms with Crippen molar-refractivity contribution in [3.05, 3.63) is 59.7 Å². The van der Waals surface area contributed by atoms with E-state index in [4.69, 9.17) is 0 Å². The molecule has 0 unspecified atom stereocenters. The maximum Gasteiger partial charge on any atom is 0.228 e. The van der Waals surface area contributed by atoms with Crippen LogP contribution in [0.2, 0.25) is 0 Å². The van der Waals surface area contributed by atoms with E-state index in [2.05, 4.69) is 5.32 Å². The summed E-state index contributed by atoms with van der Waals surface area (Å²) in [6.07, 6.45) is 0.0545. The quantitative estimate of drug-likeness (QED) is 0.839. The molecule has 0 saturated carbocycles. The largest absolute Gasteiger partial charge is 0.508 e. The highest BCUT2D eigenvalue weighted by Crippen LogP contribution is 2.19. The first-order valence-electron chi connectivity index (χ1n) is 6.24. The van der Waals surface area contributed by atoms with Crippen molar-refractivity contribution in [2.45, 2.75) is 13.3 Å². The molecule has 0 spiro atoms. The number of carbonyl (C=O) groups excluding carboxylic acids is 2. The summed E-state index contributed by atoms with van der Waals surface area (Å²) >= 11 is 0. The molecule has 0 radical (unpaired) electrons. The van der Waals surface area contributed by atoms with E-state index in [1.54, 1.807) is 42.5 Å². The number of phenolic OH excluding ortho intramolecular Hbond substituents is 1. The molecule has 0 saturated heterocycles. The van der Waals surface area contributed by atoms with E-state index in [0.29, 0.717) is 16.8 Å². The first kappa shape index (κ1) is 13.8. The average molecular weight is 269 g/mol. The number of para-hydroxylation sites is 2. The smallest absolute Gasteiger partial charge is 0.228 e. The second-order valence-electron chi connectivity index (χ2n) is 4.46. The molecule has 0 fully saturated rings. The molecule has 4 heteroatoms. The summed E-state index contributed by atoms with van der Waals surface area (Å²) in [5, 5.41) is 12.3. The van der Waals surface area contributed by atoms with Gasteiger partial charge >= 0.3 is 0 Å². The van der Waals surface area contributed by atoms with E-state index in [1.165, 1.54) is 13.0 Å². The number of Topliss-reactive ketones (excluding diaryl/α,β-unsaturated/α-hetero) is 1. The van der Waals surface area contributed by atoms with Crippen molar-refractivity contribution >= 4 is 17.4 Å². The van der Waals surface area contributed by atoms with E-state index in [9.17, 15) is 14.7 Å². The highest BCUT2D eigenvalue weighted by Gasteiger charge is 2.11. The predicted molar refractivity (Wildman–Crippen MR) is 76.9 cm³/mol. The Bertz CT molecular complexity index is 650. The van der Waals surface area contributed by atoms with Gasteiger partial charge < -0.3 is 10.4 Å². The molecule has 4 nitrogen and oxygen atoms in total. The molecule has 2 N–H and O–H groups in total. The van der Waals surface area contributed by atoms with Crippen LogP contribution in [0.3, 0.4) is 0 Å². The topological polar surface area (TPSA) is 66.4 Å². The number of nitrogens with one attached hydrogen (secondary N) is 1. The van der Waals surface area contributed by atoms with Gasteiger partial charge in [-0.3, -0.25) is 9.59 Å². The van der Waals surface area contributed by atoms with Gasteiger partial charge in [0.15, 0.2) is 5.78 Å². The molecular formula is C16H15NO3. The van der Waals surface area contributed by atoms with Crippen molar-refractivity contribution in [1.82, 2.24) is 0 Å². The number of amides is 1. The number of anilines is 1. The molecule has 2 aromatic rings. The number of phenols is 1. The van der Waals surface area contributed by atoms with Crippen LogP contribution < -0.4 is 5.32 Å². The minimum Gasteiger partial charge on any atom is -0.508 e. The molecule has 0 aliphatic heterocycles. The van der Waals surface area contributed by atoms with E-state index in [-0.39, 0.29) is 23.9 Å². The van der Waals surface area contributed by atoms with Crippen LogP contribution in [0.1, 0.15) is 22.8 Å². The zero-order chi connectivity index (χ0) is 14.5. The SMILES string of the molecule is CC(=O)c1ccccc1NC(=O)Cc1ccccc1O. The van der Waals surface area contributed by atoms with E-state index < -0.39 is 0 Å². The summed E-state index contributed by atoms with van der Waals surface area (Å²) in [6, 6.07) is 13.5. The summed E-state index contributed by atoms with van der Waals surface area (Å²) < 4.78 is 0. The molecule has 1 amide bonds. The van der Waals surface area contributed by atoms with Gasteiger partial charge in [-0.15, -0.1) is 0 Å². The molecule has 20 heavy (non-hydrogen) atoms. The number of ketones is 1. The van der Waals surface area contributed by atoms with E-state index in [1.807, 2.05) is 0 Å². The zero-order valence-electron chi connectivity index (χ0n) is 11.1. The highest BCUT2D eigenvalue weighted by atomic mass is 16.3. The van der Waals surface area contributed by atoms with Gasteiger partial charge in [0.25, 0.3) is 0 Å². The van der Waals surface area contributed by atoms with Crippen LogP contribution in [0.5, 0.6) is 5.75 Å². The number of hydrogen-bond acceptors (Lipinski definition) is 3. The lowest BCUT2D eigenvalue weighted by atomic mass is 10.1. The van der Waals surface area contributed by atoms with Gasteiger partial charge in [0.1, 0.15) is 5.75 Å². The third kappa shape index (κ3) is 3.23. The Labute approximate surface area is 117 Å². The lowest BCUT2D eigenvalue weighted by Crippen LogP contribution is -2.16. The van der Waals surface area contributed by atoms with Gasteiger partial charge in [-0.05, 0) is 25.1 Å². The van der Waals surface area contributed by atoms with Crippen molar-refractivity contribution in [2.75, 3.05) is 5.32 Å². The second kappa shape index (κ2) is 6.02. The fraction of sp³-hybridized carbons (Fsp3) is 0.125. The first-order chi connectivity index (χ1) is 9.58. The summed E-state index contributed by atoms with van der Waals surface area (Å²) in [4.78, 5) is 23.4. The number of rotatable bonds is 4. The molecule has 2 aromatic carbocycles. The maximum absolute atomic E-state index is 12.0. The van der Waals surface area contributed by atoms with E-state index in [0.717, 1.165) is 0 Å². The Morgan fingerprint density at radius 2 is 1.70 bits per heavy atom.